The highest BCUT2D eigenvalue weighted by Gasteiger charge is 2.46. The Morgan fingerprint density at radius 1 is 0.500 bits per heavy atom. The van der Waals surface area contributed by atoms with E-state index in [2.05, 4.69) is 103 Å². The summed E-state index contributed by atoms with van der Waals surface area (Å²) < 4.78 is 0. The molecule has 0 heterocycles. The van der Waals surface area contributed by atoms with Crippen LogP contribution in [0.4, 0.5) is 0 Å². The predicted molar refractivity (Wildman–Crippen MR) is 111 cm³/mol. The minimum absolute atomic E-state index is 0.340. The molecule has 0 unspecified atom stereocenters. The first-order valence-corrected chi connectivity index (χ1v) is 9.31. The lowest BCUT2D eigenvalue weighted by molar-refractivity contribution is 0.752. The van der Waals surface area contributed by atoms with Crippen LogP contribution in [0, 0.1) is 0 Å². The Hall–Kier alpha value is -2.77. The van der Waals surface area contributed by atoms with E-state index in [0.717, 1.165) is 4.90 Å². The van der Waals surface area contributed by atoms with Crippen molar-refractivity contribution >= 4 is 12.6 Å². The molecule has 0 bridgehead atoms. The molecule has 1 aliphatic rings. The second kappa shape index (κ2) is 5.89. The number of fused-ring (bicyclic) bond motifs is 3. The van der Waals surface area contributed by atoms with Crippen LogP contribution in [-0.2, 0) is 5.41 Å². The molecule has 1 aliphatic carbocycles. The molecular formula is C25H18S. The van der Waals surface area contributed by atoms with Crippen LogP contribution < -0.4 is 0 Å². The molecule has 0 N–H and O–H groups in total. The molecule has 124 valence electrons. The van der Waals surface area contributed by atoms with Crippen LogP contribution in [0.25, 0.3) is 11.1 Å². The lowest BCUT2D eigenvalue weighted by Gasteiger charge is -2.34. The van der Waals surface area contributed by atoms with E-state index in [9.17, 15) is 0 Å². The molecule has 0 atom stereocenters. The first-order valence-electron chi connectivity index (χ1n) is 8.87. The van der Waals surface area contributed by atoms with E-state index in [1.165, 1.54) is 33.4 Å². The summed E-state index contributed by atoms with van der Waals surface area (Å²) >= 11 is 4.91. The summed E-state index contributed by atoms with van der Waals surface area (Å²) in [5.74, 6) is 0. The molecule has 4 aromatic carbocycles. The van der Waals surface area contributed by atoms with Gasteiger partial charge in [-0.3, -0.25) is 0 Å². The molecule has 4 aromatic rings. The molecule has 0 saturated carbocycles. The van der Waals surface area contributed by atoms with Crippen molar-refractivity contribution in [2.45, 2.75) is 10.3 Å². The summed E-state index contributed by atoms with van der Waals surface area (Å²) in [6.45, 7) is 0. The van der Waals surface area contributed by atoms with Gasteiger partial charge in [-0.2, -0.15) is 0 Å². The Kier molecular flexibility index (Phi) is 3.51. The lowest BCUT2D eigenvalue weighted by Crippen LogP contribution is -2.29. The van der Waals surface area contributed by atoms with E-state index in [1.807, 2.05) is 0 Å². The van der Waals surface area contributed by atoms with E-state index >= 15 is 0 Å². The summed E-state index contributed by atoms with van der Waals surface area (Å²) in [6, 6.07) is 36.8. The fraction of sp³-hybridized carbons (Fsp3) is 0.0400. The summed E-state index contributed by atoms with van der Waals surface area (Å²) in [5, 5.41) is 0. The SMILES string of the molecule is Sc1cccc2c1C(c1ccccc1)(c1ccccc1)c1ccccc1-2. The van der Waals surface area contributed by atoms with Crippen molar-refractivity contribution in [3.05, 3.63) is 125 Å². The van der Waals surface area contributed by atoms with Gasteiger partial charge in [0.1, 0.15) is 0 Å². The standard InChI is InChI=1S/C25H18S/c26-23-17-9-15-21-20-14-7-8-16-22(20)25(24(21)23,18-10-3-1-4-11-18)19-12-5-2-6-13-19/h1-17,26H. The van der Waals surface area contributed by atoms with Crippen molar-refractivity contribution < 1.29 is 0 Å². The molecule has 0 aliphatic heterocycles. The Morgan fingerprint density at radius 2 is 1.04 bits per heavy atom. The number of hydrogen-bond acceptors (Lipinski definition) is 1. The van der Waals surface area contributed by atoms with E-state index in [0.29, 0.717) is 0 Å². The molecule has 0 fully saturated rings. The number of benzene rings is 4. The van der Waals surface area contributed by atoms with Gasteiger partial charge in [0.15, 0.2) is 0 Å². The summed E-state index contributed by atoms with van der Waals surface area (Å²) in [6.07, 6.45) is 0. The van der Waals surface area contributed by atoms with Crippen molar-refractivity contribution in [3.63, 3.8) is 0 Å². The lowest BCUT2D eigenvalue weighted by atomic mass is 9.68. The highest BCUT2D eigenvalue weighted by molar-refractivity contribution is 7.80. The van der Waals surface area contributed by atoms with Crippen LogP contribution in [0.2, 0.25) is 0 Å². The molecule has 0 radical (unpaired) electrons. The van der Waals surface area contributed by atoms with Crippen molar-refractivity contribution in [3.8, 4) is 11.1 Å². The molecule has 0 aromatic heterocycles. The minimum atomic E-state index is -0.340. The highest BCUT2D eigenvalue weighted by Crippen LogP contribution is 2.57. The Bertz CT molecular complexity index is 1040. The summed E-state index contributed by atoms with van der Waals surface area (Å²) in [7, 11) is 0. The van der Waals surface area contributed by atoms with Gasteiger partial charge >= 0.3 is 0 Å². The largest absolute Gasteiger partial charge is 0.143 e. The maximum absolute atomic E-state index is 4.91. The average Bonchev–Trinajstić information content (AvgIpc) is 3.02. The second-order valence-corrected chi connectivity index (χ2v) is 7.21. The van der Waals surface area contributed by atoms with Gasteiger partial charge in [0.05, 0.1) is 5.41 Å². The second-order valence-electron chi connectivity index (χ2n) is 6.73. The van der Waals surface area contributed by atoms with Crippen LogP contribution in [0.1, 0.15) is 22.3 Å². The van der Waals surface area contributed by atoms with Gasteiger partial charge in [0.2, 0.25) is 0 Å². The van der Waals surface area contributed by atoms with Gasteiger partial charge in [-0.05, 0) is 39.4 Å². The van der Waals surface area contributed by atoms with Gasteiger partial charge in [-0.15, -0.1) is 12.6 Å². The van der Waals surface area contributed by atoms with Crippen molar-refractivity contribution in [1.29, 1.82) is 0 Å². The van der Waals surface area contributed by atoms with E-state index in [1.54, 1.807) is 0 Å². The average molecular weight is 350 g/mol. The zero-order valence-corrected chi connectivity index (χ0v) is 15.2. The third-order valence-corrected chi connectivity index (χ3v) is 5.82. The Morgan fingerprint density at radius 3 is 1.69 bits per heavy atom. The smallest absolute Gasteiger partial charge is 0.0724 e. The molecule has 26 heavy (non-hydrogen) atoms. The van der Waals surface area contributed by atoms with Gasteiger partial charge in [0.25, 0.3) is 0 Å². The van der Waals surface area contributed by atoms with E-state index < -0.39 is 0 Å². The quantitative estimate of drug-likeness (QED) is 0.353. The molecular weight excluding hydrogens is 332 g/mol. The van der Waals surface area contributed by atoms with Crippen molar-refractivity contribution in [1.82, 2.24) is 0 Å². The van der Waals surface area contributed by atoms with Gasteiger partial charge in [-0.25, -0.2) is 0 Å². The number of thiol groups is 1. The normalized spacial score (nSPS) is 13.9. The van der Waals surface area contributed by atoms with Gasteiger partial charge < -0.3 is 0 Å². The molecule has 5 rings (SSSR count). The Balaban J connectivity index is 2.01. The number of hydrogen-bond donors (Lipinski definition) is 1. The maximum Gasteiger partial charge on any atom is 0.0724 e. The molecule has 0 amide bonds. The highest BCUT2D eigenvalue weighted by atomic mass is 32.1. The molecule has 1 heteroatoms. The van der Waals surface area contributed by atoms with Crippen LogP contribution in [0.15, 0.2) is 108 Å². The van der Waals surface area contributed by atoms with Crippen molar-refractivity contribution in [2.75, 3.05) is 0 Å². The van der Waals surface area contributed by atoms with Crippen LogP contribution >= 0.6 is 12.6 Å². The topological polar surface area (TPSA) is 0 Å². The first-order chi connectivity index (χ1) is 12.8. The third-order valence-electron chi connectivity index (χ3n) is 5.45. The summed E-state index contributed by atoms with van der Waals surface area (Å²) in [4.78, 5) is 1.03. The first kappa shape index (κ1) is 15.5. The fourth-order valence-corrected chi connectivity index (χ4v) is 4.86. The summed E-state index contributed by atoms with van der Waals surface area (Å²) in [5.41, 5.74) is 7.40. The van der Waals surface area contributed by atoms with Crippen LogP contribution in [-0.4, -0.2) is 0 Å². The molecule has 0 saturated heterocycles. The monoisotopic (exact) mass is 350 g/mol. The molecule has 0 spiro atoms. The van der Waals surface area contributed by atoms with Crippen LogP contribution in [0.3, 0.4) is 0 Å². The predicted octanol–water partition coefficient (Wildman–Crippen LogP) is 6.34. The third kappa shape index (κ3) is 1.98. The number of rotatable bonds is 2. The maximum atomic E-state index is 4.91. The minimum Gasteiger partial charge on any atom is -0.143 e. The molecule has 0 nitrogen and oxygen atoms in total. The zero-order valence-electron chi connectivity index (χ0n) is 14.3. The van der Waals surface area contributed by atoms with Gasteiger partial charge in [0, 0.05) is 4.90 Å². The zero-order chi connectivity index (χ0) is 17.6. The van der Waals surface area contributed by atoms with Crippen LogP contribution in [0.5, 0.6) is 0 Å². The van der Waals surface area contributed by atoms with E-state index in [4.69, 9.17) is 12.6 Å². The van der Waals surface area contributed by atoms with Crippen molar-refractivity contribution in [2.24, 2.45) is 0 Å². The van der Waals surface area contributed by atoms with E-state index in [-0.39, 0.29) is 5.41 Å². The van der Waals surface area contributed by atoms with Gasteiger partial charge in [-0.1, -0.05) is 97.1 Å². The Labute approximate surface area is 159 Å². The fourth-order valence-electron chi connectivity index (χ4n) is 4.48.